The molecule has 256 valence electrons. The van der Waals surface area contributed by atoms with E-state index in [1.807, 2.05) is 0 Å². The van der Waals surface area contributed by atoms with Crippen LogP contribution < -0.4 is 38.1 Å². The average Bonchev–Trinajstić information content (AvgIpc) is 3.86. The second-order valence-electron chi connectivity index (χ2n) is 12.9. The molecule has 0 saturated heterocycles. The second kappa shape index (κ2) is 19.1. The maximum Gasteiger partial charge on any atom is 0.407 e. The van der Waals surface area contributed by atoms with E-state index in [2.05, 4.69) is 26.6 Å². The van der Waals surface area contributed by atoms with Gasteiger partial charge in [0.05, 0.1) is 12.1 Å². The number of primary amides is 2. The Balaban J connectivity index is 1.78. The summed E-state index contributed by atoms with van der Waals surface area (Å²) in [6.45, 7) is 5.14. The molecule has 2 saturated carbocycles. The number of amides is 6. The molecule has 2 aliphatic carbocycles. The van der Waals surface area contributed by atoms with E-state index in [1.165, 1.54) is 0 Å². The zero-order valence-electron chi connectivity index (χ0n) is 27.1. The minimum absolute atomic E-state index is 0.0284. The molecule has 2 unspecified atom stereocenters. The predicted octanol–water partition coefficient (Wildman–Crippen LogP) is -0.485. The zero-order chi connectivity index (χ0) is 33.4. The molecule has 0 aliphatic heterocycles. The summed E-state index contributed by atoms with van der Waals surface area (Å²) in [5.41, 5.74) is 10.2. The average molecular weight is 639 g/mol. The summed E-state index contributed by atoms with van der Waals surface area (Å²) in [5.74, 6) is -2.12. The Kier molecular flexibility index (Phi) is 16.0. The van der Waals surface area contributed by atoms with Crippen molar-refractivity contribution in [2.45, 2.75) is 121 Å². The Morgan fingerprint density at radius 2 is 1.16 bits per heavy atom. The third-order valence-corrected chi connectivity index (χ3v) is 7.23. The third kappa shape index (κ3) is 18.2. The lowest BCUT2D eigenvalue weighted by Gasteiger charge is -2.23. The minimum Gasteiger partial charge on any atom is -0.444 e. The van der Waals surface area contributed by atoms with E-state index in [4.69, 9.17) is 16.2 Å². The van der Waals surface area contributed by atoms with Crippen molar-refractivity contribution < 1.29 is 33.5 Å². The topological polar surface area (TPSA) is 227 Å². The minimum atomic E-state index is -0.695. The third-order valence-electron chi connectivity index (χ3n) is 7.23. The van der Waals surface area contributed by atoms with Crippen molar-refractivity contribution in [1.29, 1.82) is 0 Å². The number of ether oxygens (including phenoxy) is 1. The van der Waals surface area contributed by atoms with E-state index in [0.717, 1.165) is 30.6 Å². The number of unbranched alkanes of at least 4 members (excludes halogenated alkanes) is 2. The molecule has 15 nitrogen and oxygen atoms in total. The van der Waals surface area contributed by atoms with Gasteiger partial charge < -0.3 is 47.7 Å². The first-order valence-corrected chi connectivity index (χ1v) is 16.1. The molecular weight excluding hydrogens is 584 g/mol. The van der Waals surface area contributed by atoms with Gasteiger partial charge in [0.2, 0.25) is 29.5 Å². The molecule has 0 bridgehead atoms. The molecule has 15 heteroatoms. The number of hydrogen-bond acceptors (Lipinski definition) is 9. The maximum atomic E-state index is 13.0. The maximum absolute atomic E-state index is 13.0. The van der Waals surface area contributed by atoms with Crippen LogP contribution in [0.4, 0.5) is 4.79 Å². The number of hydrogen-bond donors (Lipinski definition) is 7. The standard InChI is InChI=1S/C30H54N8O7/c1-30(2,3)45-29(44)35-17-14-26(41)38(18-24(39)33-15-6-4-8-22(27(31)42)36-20-10-11-20)19-25(40)34-16-7-5-9-23(28(32)43)37-21-12-13-21/h20-23,36-37H,4-19H2,1-3H3,(H2,31,42)(H2,32,43)(H,33,39)(H,34,40)(H,35,44). The molecule has 0 aromatic rings. The highest BCUT2D eigenvalue weighted by molar-refractivity contribution is 5.89. The lowest BCUT2D eigenvalue weighted by Crippen LogP contribution is -2.47. The first kappa shape index (κ1) is 37.7. The Morgan fingerprint density at radius 1 is 0.711 bits per heavy atom. The number of nitrogens with zero attached hydrogens (tertiary/aromatic N) is 1. The zero-order valence-corrected chi connectivity index (χ0v) is 27.1. The van der Waals surface area contributed by atoms with Gasteiger partial charge in [-0.15, -0.1) is 0 Å². The van der Waals surface area contributed by atoms with Gasteiger partial charge in [-0.25, -0.2) is 4.79 Å². The van der Waals surface area contributed by atoms with E-state index in [9.17, 15) is 28.8 Å². The van der Waals surface area contributed by atoms with Crippen LogP contribution in [-0.2, 0) is 28.7 Å². The van der Waals surface area contributed by atoms with Crippen LogP contribution in [0, 0.1) is 0 Å². The predicted molar refractivity (Wildman–Crippen MR) is 167 cm³/mol. The van der Waals surface area contributed by atoms with E-state index in [1.54, 1.807) is 20.8 Å². The Labute approximate surface area is 266 Å². The van der Waals surface area contributed by atoms with Crippen LogP contribution in [0.1, 0.15) is 91.4 Å². The molecular formula is C30H54N8O7. The van der Waals surface area contributed by atoms with E-state index >= 15 is 0 Å². The number of carbonyl (C=O) groups is 6. The smallest absolute Gasteiger partial charge is 0.407 e. The van der Waals surface area contributed by atoms with Crippen molar-refractivity contribution in [2.75, 3.05) is 32.7 Å². The lowest BCUT2D eigenvalue weighted by molar-refractivity contribution is -0.139. The lowest BCUT2D eigenvalue weighted by atomic mass is 10.1. The fourth-order valence-electron chi connectivity index (χ4n) is 4.52. The van der Waals surface area contributed by atoms with Crippen molar-refractivity contribution in [3.05, 3.63) is 0 Å². The van der Waals surface area contributed by atoms with Gasteiger partial charge in [-0.3, -0.25) is 24.0 Å². The van der Waals surface area contributed by atoms with Crippen LogP contribution in [0.5, 0.6) is 0 Å². The first-order valence-electron chi connectivity index (χ1n) is 16.1. The SMILES string of the molecule is CC(C)(C)OC(=O)NCCC(=O)N(CC(=O)NCCCCC(NC1CC1)C(N)=O)CC(=O)NCCCCC(NC1CC1)C(N)=O. The summed E-state index contributed by atoms with van der Waals surface area (Å²) < 4.78 is 5.17. The van der Waals surface area contributed by atoms with Crippen LogP contribution >= 0.6 is 0 Å². The quantitative estimate of drug-likeness (QED) is 0.0716. The highest BCUT2D eigenvalue weighted by Crippen LogP contribution is 2.21. The number of alkyl carbamates (subject to hydrolysis) is 1. The van der Waals surface area contributed by atoms with Gasteiger partial charge in [0.1, 0.15) is 18.7 Å². The molecule has 0 aromatic carbocycles. The molecule has 2 aliphatic rings. The van der Waals surface area contributed by atoms with Gasteiger partial charge in [0.15, 0.2) is 0 Å². The molecule has 6 amide bonds. The normalized spacial score (nSPS) is 15.8. The first-order chi connectivity index (χ1) is 21.2. The fourth-order valence-corrected chi connectivity index (χ4v) is 4.52. The van der Waals surface area contributed by atoms with Gasteiger partial charge in [-0.2, -0.15) is 0 Å². The van der Waals surface area contributed by atoms with Gasteiger partial charge >= 0.3 is 6.09 Å². The van der Waals surface area contributed by atoms with Crippen LogP contribution in [0.2, 0.25) is 0 Å². The summed E-state index contributed by atoms with van der Waals surface area (Å²) >= 11 is 0. The molecule has 2 rings (SSSR count). The highest BCUT2D eigenvalue weighted by atomic mass is 16.6. The summed E-state index contributed by atoms with van der Waals surface area (Å²) in [6.07, 6.45) is 7.07. The van der Waals surface area contributed by atoms with Crippen molar-refractivity contribution in [1.82, 2.24) is 31.5 Å². The highest BCUT2D eigenvalue weighted by Gasteiger charge is 2.28. The molecule has 0 spiro atoms. The van der Waals surface area contributed by atoms with Crippen LogP contribution in [0.15, 0.2) is 0 Å². The summed E-state index contributed by atoms with van der Waals surface area (Å²) in [4.78, 5) is 74.7. The Morgan fingerprint density at radius 3 is 1.53 bits per heavy atom. The van der Waals surface area contributed by atoms with Crippen molar-refractivity contribution in [3.63, 3.8) is 0 Å². The second-order valence-corrected chi connectivity index (χ2v) is 12.9. The molecule has 0 aromatic heterocycles. The van der Waals surface area contributed by atoms with Crippen molar-refractivity contribution in [2.24, 2.45) is 11.5 Å². The van der Waals surface area contributed by atoms with Gasteiger partial charge in [-0.1, -0.05) is 0 Å². The monoisotopic (exact) mass is 638 g/mol. The summed E-state index contributed by atoms with van der Waals surface area (Å²) in [6, 6.07) is -0.0763. The van der Waals surface area contributed by atoms with E-state index < -0.39 is 41.5 Å². The number of rotatable bonds is 23. The summed E-state index contributed by atoms with van der Waals surface area (Å²) in [7, 11) is 0. The Hall–Kier alpha value is -3.46. The molecule has 2 atom stereocenters. The van der Waals surface area contributed by atoms with Crippen LogP contribution in [-0.4, -0.2) is 103 Å². The van der Waals surface area contributed by atoms with Gasteiger partial charge in [0.25, 0.3) is 0 Å². The van der Waals surface area contributed by atoms with Crippen LogP contribution in [0.3, 0.4) is 0 Å². The molecule has 0 heterocycles. The number of nitrogens with one attached hydrogen (secondary N) is 5. The Bertz CT molecular complexity index is 955. The van der Waals surface area contributed by atoms with Gasteiger partial charge in [-0.05, 0) is 85.0 Å². The summed E-state index contributed by atoms with van der Waals surface area (Å²) in [5, 5.41) is 14.5. The van der Waals surface area contributed by atoms with Crippen molar-refractivity contribution >= 4 is 35.6 Å². The number of carbonyl (C=O) groups excluding carboxylic acids is 6. The molecule has 9 N–H and O–H groups in total. The largest absolute Gasteiger partial charge is 0.444 e. The van der Waals surface area contributed by atoms with E-state index in [0.29, 0.717) is 63.7 Å². The molecule has 2 fully saturated rings. The molecule has 0 radical (unpaired) electrons. The fraction of sp³-hybridized carbons (Fsp3) is 0.800. The number of nitrogens with two attached hydrogens (primary N) is 2. The molecule has 45 heavy (non-hydrogen) atoms. The van der Waals surface area contributed by atoms with Gasteiger partial charge in [0, 0.05) is 38.1 Å². The van der Waals surface area contributed by atoms with E-state index in [-0.39, 0.29) is 37.9 Å². The van der Waals surface area contributed by atoms with Crippen molar-refractivity contribution in [3.8, 4) is 0 Å². The van der Waals surface area contributed by atoms with Crippen LogP contribution in [0.25, 0.3) is 0 Å².